The van der Waals surface area contributed by atoms with Crippen LogP contribution in [0, 0.1) is 0 Å². The van der Waals surface area contributed by atoms with Crippen molar-refractivity contribution in [3.63, 3.8) is 0 Å². The van der Waals surface area contributed by atoms with Gasteiger partial charge in [-0.15, -0.1) is 0 Å². The molecule has 0 radical (unpaired) electrons. The Morgan fingerprint density at radius 1 is 1.21 bits per heavy atom. The van der Waals surface area contributed by atoms with E-state index in [9.17, 15) is 9.59 Å². The molecule has 2 aromatic carbocycles. The molecule has 3 aromatic rings. The van der Waals surface area contributed by atoms with E-state index in [1.54, 1.807) is 12.1 Å². The van der Waals surface area contributed by atoms with E-state index in [0.717, 1.165) is 40.6 Å². The number of aromatic nitrogens is 1. The predicted molar refractivity (Wildman–Crippen MR) is 109 cm³/mol. The molecule has 2 N–H and O–H groups in total. The normalized spacial score (nSPS) is 16.0. The van der Waals surface area contributed by atoms with Crippen LogP contribution in [0.2, 0.25) is 5.02 Å². The zero-order chi connectivity index (χ0) is 19.8. The SMILES string of the molecule is CC(=O)Oc1ccc(Cl)c2c1c1c(n2Cc2ccccc2)CCCC1C(N)=O. The van der Waals surface area contributed by atoms with Crippen LogP contribution in [0.5, 0.6) is 5.75 Å². The van der Waals surface area contributed by atoms with Gasteiger partial charge in [0.15, 0.2) is 0 Å². The highest BCUT2D eigenvalue weighted by atomic mass is 35.5. The Bertz CT molecular complexity index is 1070. The van der Waals surface area contributed by atoms with E-state index >= 15 is 0 Å². The lowest BCUT2D eigenvalue weighted by molar-refractivity contribution is -0.131. The zero-order valence-electron chi connectivity index (χ0n) is 15.6. The quantitative estimate of drug-likeness (QED) is 0.531. The molecule has 1 aliphatic carbocycles. The van der Waals surface area contributed by atoms with Crippen molar-refractivity contribution in [3.05, 3.63) is 64.3 Å². The summed E-state index contributed by atoms with van der Waals surface area (Å²) < 4.78 is 7.62. The Balaban J connectivity index is 2.03. The third kappa shape index (κ3) is 3.16. The maximum atomic E-state index is 12.2. The Morgan fingerprint density at radius 3 is 2.64 bits per heavy atom. The second-order valence-corrected chi connectivity index (χ2v) is 7.55. The number of ether oxygens (including phenoxy) is 1. The van der Waals surface area contributed by atoms with Crippen molar-refractivity contribution in [1.29, 1.82) is 0 Å². The van der Waals surface area contributed by atoms with Crippen molar-refractivity contribution >= 4 is 34.4 Å². The molecule has 5 nitrogen and oxygen atoms in total. The molecule has 1 aliphatic rings. The maximum absolute atomic E-state index is 12.2. The van der Waals surface area contributed by atoms with Crippen LogP contribution in [0.3, 0.4) is 0 Å². The van der Waals surface area contributed by atoms with Gasteiger partial charge in [0.2, 0.25) is 5.91 Å². The molecule has 0 fully saturated rings. The van der Waals surface area contributed by atoms with Crippen molar-refractivity contribution in [2.75, 3.05) is 0 Å². The van der Waals surface area contributed by atoms with Crippen molar-refractivity contribution in [2.45, 2.75) is 38.6 Å². The maximum Gasteiger partial charge on any atom is 0.308 e. The van der Waals surface area contributed by atoms with Crippen LogP contribution in [0.15, 0.2) is 42.5 Å². The van der Waals surface area contributed by atoms with Crippen molar-refractivity contribution in [1.82, 2.24) is 4.57 Å². The lowest BCUT2D eigenvalue weighted by Gasteiger charge is -2.22. The van der Waals surface area contributed by atoms with Gasteiger partial charge in [-0.05, 0) is 42.5 Å². The van der Waals surface area contributed by atoms with Gasteiger partial charge in [0, 0.05) is 24.5 Å². The second kappa shape index (κ2) is 7.32. The molecule has 0 aliphatic heterocycles. The standard InChI is InChI=1S/C22H21ClN2O3/c1-13(26)28-18-11-10-16(23)21-20(18)19-15(22(24)27)8-5-9-17(19)25(21)12-14-6-3-2-4-7-14/h2-4,6-7,10-11,15H,5,8-9,12H2,1H3,(H2,24,27). The molecule has 6 heteroatoms. The molecule has 1 atom stereocenters. The molecule has 0 spiro atoms. The van der Waals surface area contributed by atoms with Crippen LogP contribution in [0.4, 0.5) is 0 Å². The fourth-order valence-corrected chi connectivity index (χ4v) is 4.48. The van der Waals surface area contributed by atoms with E-state index in [2.05, 4.69) is 16.7 Å². The summed E-state index contributed by atoms with van der Waals surface area (Å²) in [5, 5.41) is 1.27. The average Bonchev–Trinajstić information content (AvgIpc) is 3.00. The topological polar surface area (TPSA) is 74.3 Å². The highest BCUT2D eigenvalue weighted by Gasteiger charge is 2.33. The number of fused-ring (bicyclic) bond motifs is 3. The molecule has 144 valence electrons. The number of amides is 1. The molecule has 4 rings (SSSR count). The molecule has 0 bridgehead atoms. The molecular weight excluding hydrogens is 376 g/mol. The van der Waals surface area contributed by atoms with Crippen molar-refractivity contribution in [2.24, 2.45) is 5.73 Å². The van der Waals surface area contributed by atoms with E-state index in [-0.39, 0.29) is 5.91 Å². The third-order valence-corrected chi connectivity index (χ3v) is 5.61. The molecule has 0 saturated carbocycles. The first kappa shape index (κ1) is 18.6. The van der Waals surface area contributed by atoms with Gasteiger partial charge < -0.3 is 15.0 Å². The first-order chi connectivity index (χ1) is 13.5. The van der Waals surface area contributed by atoms with E-state index in [1.165, 1.54) is 6.92 Å². The van der Waals surface area contributed by atoms with Crippen molar-refractivity contribution < 1.29 is 14.3 Å². The number of halogens is 1. The Hall–Kier alpha value is -2.79. The van der Waals surface area contributed by atoms with Gasteiger partial charge in [-0.2, -0.15) is 0 Å². The molecule has 1 amide bonds. The van der Waals surface area contributed by atoms with Crippen molar-refractivity contribution in [3.8, 4) is 5.75 Å². The summed E-state index contributed by atoms with van der Waals surface area (Å²) in [6, 6.07) is 13.5. The van der Waals surface area contributed by atoms with Gasteiger partial charge >= 0.3 is 5.97 Å². The molecule has 28 heavy (non-hydrogen) atoms. The number of hydrogen-bond donors (Lipinski definition) is 1. The van der Waals surface area contributed by atoms with Gasteiger partial charge in [0.25, 0.3) is 0 Å². The van der Waals surface area contributed by atoms with Crippen LogP contribution in [-0.2, 0) is 22.6 Å². The summed E-state index contributed by atoms with van der Waals surface area (Å²) in [5.74, 6) is -0.785. The summed E-state index contributed by atoms with van der Waals surface area (Å²) in [6.45, 7) is 1.97. The second-order valence-electron chi connectivity index (χ2n) is 7.14. The summed E-state index contributed by atoms with van der Waals surface area (Å²) >= 11 is 6.61. The average molecular weight is 397 g/mol. The molecule has 1 aromatic heterocycles. The van der Waals surface area contributed by atoms with Gasteiger partial charge in [-0.1, -0.05) is 41.9 Å². The highest BCUT2D eigenvalue weighted by Crippen LogP contribution is 2.45. The molecular formula is C22H21ClN2O3. The number of nitrogens with zero attached hydrogens (tertiary/aromatic N) is 1. The van der Waals surface area contributed by atoms with Gasteiger partial charge in [0.05, 0.1) is 16.5 Å². The predicted octanol–water partition coefficient (Wildman–Crippen LogP) is 4.17. The monoisotopic (exact) mass is 396 g/mol. The minimum Gasteiger partial charge on any atom is -0.426 e. The van der Waals surface area contributed by atoms with E-state index in [1.807, 2.05) is 18.2 Å². The van der Waals surface area contributed by atoms with E-state index < -0.39 is 11.9 Å². The van der Waals surface area contributed by atoms with E-state index in [4.69, 9.17) is 22.1 Å². The minimum absolute atomic E-state index is 0.367. The number of hydrogen-bond acceptors (Lipinski definition) is 3. The fourth-order valence-electron chi connectivity index (χ4n) is 4.22. The summed E-state index contributed by atoms with van der Waals surface area (Å²) in [5.41, 5.74) is 9.53. The highest BCUT2D eigenvalue weighted by molar-refractivity contribution is 6.35. The third-order valence-electron chi connectivity index (χ3n) is 5.30. The first-order valence-electron chi connectivity index (χ1n) is 9.32. The van der Waals surface area contributed by atoms with Gasteiger partial charge in [-0.25, -0.2) is 0 Å². The number of carbonyl (C=O) groups excluding carboxylic acids is 2. The first-order valence-corrected chi connectivity index (χ1v) is 9.70. The van der Waals surface area contributed by atoms with Gasteiger partial charge in [-0.3, -0.25) is 9.59 Å². The molecule has 1 heterocycles. The lowest BCUT2D eigenvalue weighted by atomic mass is 9.84. The number of benzene rings is 2. The number of carbonyl (C=O) groups is 2. The number of primary amides is 1. The lowest BCUT2D eigenvalue weighted by Crippen LogP contribution is -2.25. The number of esters is 1. The number of nitrogens with two attached hydrogens (primary N) is 1. The van der Waals surface area contributed by atoms with Crippen LogP contribution < -0.4 is 10.5 Å². The summed E-state index contributed by atoms with van der Waals surface area (Å²) in [6.07, 6.45) is 2.36. The fraction of sp³-hybridized carbons (Fsp3) is 0.273. The minimum atomic E-state index is -0.420. The van der Waals surface area contributed by atoms with Crippen LogP contribution in [0.1, 0.15) is 42.5 Å². The zero-order valence-corrected chi connectivity index (χ0v) is 16.3. The number of rotatable bonds is 4. The summed E-state index contributed by atoms with van der Waals surface area (Å²) in [7, 11) is 0. The molecule has 1 unspecified atom stereocenters. The Labute approximate surface area is 168 Å². The van der Waals surface area contributed by atoms with Crippen LogP contribution in [0.25, 0.3) is 10.9 Å². The Morgan fingerprint density at radius 2 is 1.96 bits per heavy atom. The van der Waals surface area contributed by atoms with E-state index in [0.29, 0.717) is 23.7 Å². The molecule has 0 saturated heterocycles. The summed E-state index contributed by atoms with van der Waals surface area (Å²) in [4.78, 5) is 23.9. The largest absolute Gasteiger partial charge is 0.426 e. The Kier molecular flexibility index (Phi) is 4.85. The van der Waals surface area contributed by atoms with Crippen LogP contribution >= 0.6 is 11.6 Å². The van der Waals surface area contributed by atoms with Gasteiger partial charge in [0.1, 0.15) is 5.75 Å². The van der Waals surface area contributed by atoms with Crippen LogP contribution in [-0.4, -0.2) is 16.4 Å². The smallest absolute Gasteiger partial charge is 0.308 e.